The minimum absolute atomic E-state index is 0.0200. The van der Waals surface area contributed by atoms with E-state index in [1.807, 2.05) is 0 Å². The van der Waals surface area contributed by atoms with Crippen molar-refractivity contribution in [2.75, 3.05) is 20.8 Å². The zero-order chi connectivity index (χ0) is 17.1. The fourth-order valence-electron chi connectivity index (χ4n) is 2.61. The summed E-state index contributed by atoms with van der Waals surface area (Å²) in [4.78, 5) is 25.6. The maximum absolute atomic E-state index is 12.3. The Morgan fingerprint density at radius 1 is 1.22 bits per heavy atom. The van der Waals surface area contributed by atoms with Gasteiger partial charge in [0.15, 0.2) is 17.8 Å². The normalized spacial score (nSPS) is 18.2. The van der Waals surface area contributed by atoms with E-state index in [9.17, 15) is 19.8 Å². The third-order valence-electron chi connectivity index (χ3n) is 3.76. The minimum atomic E-state index is -0.756. The molecule has 1 amide bonds. The SMILES string of the molecule is COC(CN1C(=O)C(O)=C(C(C)=O)C1c1ccc(O)cc1)OC. The summed E-state index contributed by atoms with van der Waals surface area (Å²) in [5.74, 6) is -1.56. The fraction of sp³-hybridized carbons (Fsp3) is 0.375. The van der Waals surface area contributed by atoms with Gasteiger partial charge in [-0.2, -0.15) is 0 Å². The van der Waals surface area contributed by atoms with Gasteiger partial charge in [-0.1, -0.05) is 12.1 Å². The standard InChI is InChI=1S/C16H19NO6/c1-9(18)13-14(10-4-6-11(19)7-5-10)17(16(21)15(13)20)8-12(22-2)23-3/h4-7,12,14,19-20H,8H2,1-3H3. The molecule has 124 valence electrons. The number of aliphatic hydroxyl groups is 1. The van der Waals surface area contributed by atoms with E-state index in [-0.39, 0.29) is 17.9 Å². The van der Waals surface area contributed by atoms with E-state index in [2.05, 4.69) is 0 Å². The lowest BCUT2D eigenvalue weighted by atomic mass is 9.96. The van der Waals surface area contributed by atoms with E-state index in [1.54, 1.807) is 12.1 Å². The molecule has 0 saturated carbocycles. The number of carbonyl (C=O) groups is 2. The summed E-state index contributed by atoms with van der Waals surface area (Å²) in [7, 11) is 2.87. The van der Waals surface area contributed by atoms with Crippen LogP contribution >= 0.6 is 0 Å². The smallest absolute Gasteiger partial charge is 0.290 e. The van der Waals surface area contributed by atoms with Crippen LogP contribution in [0.3, 0.4) is 0 Å². The number of phenols is 1. The monoisotopic (exact) mass is 321 g/mol. The van der Waals surface area contributed by atoms with E-state index >= 15 is 0 Å². The lowest BCUT2D eigenvalue weighted by molar-refractivity contribution is -0.144. The van der Waals surface area contributed by atoms with Crippen LogP contribution in [0.5, 0.6) is 5.75 Å². The first-order chi connectivity index (χ1) is 10.9. The molecular formula is C16H19NO6. The quantitative estimate of drug-likeness (QED) is 0.767. The van der Waals surface area contributed by atoms with Crippen molar-refractivity contribution in [1.29, 1.82) is 0 Å². The van der Waals surface area contributed by atoms with Gasteiger partial charge >= 0.3 is 0 Å². The molecule has 1 aliphatic rings. The second kappa shape index (κ2) is 6.80. The Labute approximate surface area is 133 Å². The summed E-state index contributed by atoms with van der Waals surface area (Å²) < 4.78 is 10.2. The molecule has 0 bridgehead atoms. The molecule has 1 unspecified atom stereocenters. The van der Waals surface area contributed by atoms with Crippen LogP contribution in [-0.2, 0) is 19.1 Å². The Balaban J connectivity index is 2.46. The second-order valence-electron chi connectivity index (χ2n) is 5.17. The van der Waals surface area contributed by atoms with Gasteiger partial charge < -0.3 is 24.6 Å². The van der Waals surface area contributed by atoms with Crippen molar-refractivity contribution in [1.82, 2.24) is 4.90 Å². The molecule has 1 atom stereocenters. The van der Waals surface area contributed by atoms with Crippen molar-refractivity contribution in [3.8, 4) is 5.75 Å². The molecule has 0 radical (unpaired) electrons. The number of aromatic hydroxyl groups is 1. The minimum Gasteiger partial charge on any atom is -0.508 e. The number of benzene rings is 1. The Hall–Kier alpha value is -2.38. The number of amides is 1. The van der Waals surface area contributed by atoms with Crippen LogP contribution in [0.15, 0.2) is 35.6 Å². The number of phenolic OH excluding ortho intramolecular Hbond substituents is 1. The van der Waals surface area contributed by atoms with Gasteiger partial charge in [0.05, 0.1) is 18.2 Å². The summed E-state index contributed by atoms with van der Waals surface area (Å²) in [5.41, 5.74) is 0.614. The second-order valence-corrected chi connectivity index (χ2v) is 5.17. The highest BCUT2D eigenvalue weighted by Crippen LogP contribution is 2.38. The van der Waals surface area contributed by atoms with E-state index in [0.717, 1.165) is 0 Å². The number of Topliss-reactive ketones (excluding diaryl/α,β-unsaturated/α-hetero) is 1. The third kappa shape index (κ3) is 3.20. The molecule has 0 saturated heterocycles. The Morgan fingerprint density at radius 2 is 1.78 bits per heavy atom. The van der Waals surface area contributed by atoms with E-state index in [0.29, 0.717) is 5.56 Å². The summed E-state index contributed by atoms with van der Waals surface area (Å²) in [6.07, 6.45) is -0.697. The van der Waals surface area contributed by atoms with Crippen molar-refractivity contribution >= 4 is 11.7 Å². The van der Waals surface area contributed by atoms with Gasteiger partial charge in [0.1, 0.15) is 5.75 Å². The van der Waals surface area contributed by atoms with E-state index in [4.69, 9.17) is 9.47 Å². The van der Waals surface area contributed by atoms with E-state index in [1.165, 1.54) is 38.2 Å². The van der Waals surface area contributed by atoms with Crippen LogP contribution in [0.4, 0.5) is 0 Å². The predicted molar refractivity (Wildman–Crippen MR) is 80.7 cm³/mol. The highest BCUT2D eigenvalue weighted by atomic mass is 16.7. The van der Waals surface area contributed by atoms with Crippen LogP contribution in [0, 0.1) is 0 Å². The molecule has 7 nitrogen and oxygen atoms in total. The van der Waals surface area contributed by atoms with Crippen molar-refractivity contribution in [2.45, 2.75) is 19.3 Å². The molecule has 1 heterocycles. The maximum Gasteiger partial charge on any atom is 0.290 e. The highest BCUT2D eigenvalue weighted by Gasteiger charge is 2.43. The van der Waals surface area contributed by atoms with Crippen molar-refractivity contribution in [2.24, 2.45) is 0 Å². The summed E-state index contributed by atoms with van der Waals surface area (Å²) in [6, 6.07) is 5.34. The topological polar surface area (TPSA) is 96.3 Å². The zero-order valence-electron chi connectivity index (χ0n) is 13.1. The summed E-state index contributed by atoms with van der Waals surface area (Å²) in [6.45, 7) is 1.33. The van der Waals surface area contributed by atoms with Crippen LogP contribution in [0.2, 0.25) is 0 Å². The molecule has 0 aromatic heterocycles. The number of hydrogen-bond acceptors (Lipinski definition) is 6. The summed E-state index contributed by atoms with van der Waals surface area (Å²) in [5, 5.41) is 19.5. The molecule has 0 spiro atoms. The molecule has 7 heteroatoms. The van der Waals surface area contributed by atoms with Gasteiger partial charge in [0.2, 0.25) is 0 Å². The van der Waals surface area contributed by atoms with Gasteiger partial charge in [0.25, 0.3) is 5.91 Å². The molecule has 1 aliphatic heterocycles. The zero-order valence-corrected chi connectivity index (χ0v) is 13.1. The highest BCUT2D eigenvalue weighted by molar-refractivity contribution is 6.08. The lowest BCUT2D eigenvalue weighted by Gasteiger charge is -2.29. The number of hydrogen-bond donors (Lipinski definition) is 2. The van der Waals surface area contributed by atoms with Crippen LogP contribution < -0.4 is 0 Å². The fourth-order valence-corrected chi connectivity index (χ4v) is 2.61. The maximum atomic E-state index is 12.3. The van der Waals surface area contributed by atoms with Crippen molar-refractivity contribution in [3.63, 3.8) is 0 Å². The van der Waals surface area contributed by atoms with Gasteiger partial charge in [-0.3, -0.25) is 9.59 Å². The first kappa shape index (κ1) is 17.0. The number of rotatable bonds is 6. The molecule has 23 heavy (non-hydrogen) atoms. The number of carbonyl (C=O) groups excluding carboxylic acids is 2. The number of ether oxygens (including phenoxy) is 2. The predicted octanol–water partition coefficient (Wildman–Crippen LogP) is 1.30. The Morgan fingerprint density at radius 3 is 2.26 bits per heavy atom. The van der Waals surface area contributed by atoms with Crippen molar-refractivity contribution < 1.29 is 29.3 Å². The van der Waals surface area contributed by atoms with E-state index < -0.39 is 29.8 Å². The molecular weight excluding hydrogens is 302 g/mol. The molecule has 0 fully saturated rings. The molecule has 0 aliphatic carbocycles. The molecule has 1 aromatic carbocycles. The van der Waals surface area contributed by atoms with Gasteiger partial charge in [-0.15, -0.1) is 0 Å². The number of ketones is 1. The number of methoxy groups -OCH3 is 2. The average Bonchev–Trinajstić information content (AvgIpc) is 2.77. The molecule has 2 N–H and O–H groups in total. The van der Waals surface area contributed by atoms with Gasteiger partial charge in [-0.05, 0) is 24.6 Å². The Bertz CT molecular complexity index is 632. The molecule has 1 aromatic rings. The average molecular weight is 321 g/mol. The summed E-state index contributed by atoms with van der Waals surface area (Å²) >= 11 is 0. The van der Waals surface area contributed by atoms with Gasteiger partial charge in [-0.25, -0.2) is 0 Å². The Kier molecular flexibility index (Phi) is 5.02. The van der Waals surface area contributed by atoms with Gasteiger partial charge in [0, 0.05) is 14.2 Å². The number of nitrogens with zero attached hydrogens (tertiary/aromatic N) is 1. The first-order valence-electron chi connectivity index (χ1n) is 7.00. The largest absolute Gasteiger partial charge is 0.508 e. The molecule has 2 rings (SSSR count). The third-order valence-corrected chi connectivity index (χ3v) is 3.76. The van der Waals surface area contributed by atoms with Crippen LogP contribution in [-0.4, -0.2) is 53.9 Å². The van der Waals surface area contributed by atoms with Crippen molar-refractivity contribution in [3.05, 3.63) is 41.2 Å². The first-order valence-corrected chi connectivity index (χ1v) is 7.00. The van der Waals surface area contributed by atoms with Crippen LogP contribution in [0.1, 0.15) is 18.5 Å². The van der Waals surface area contributed by atoms with Crippen LogP contribution in [0.25, 0.3) is 0 Å². The number of aliphatic hydroxyl groups excluding tert-OH is 1. The lowest BCUT2D eigenvalue weighted by Crippen LogP contribution is -2.38.